The summed E-state index contributed by atoms with van der Waals surface area (Å²) in [6.07, 6.45) is 8.18. The molecule has 0 aromatic carbocycles. The molecule has 2 aromatic heterocycles. The van der Waals surface area contributed by atoms with Gasteiger partial charge in [0.15, 0.2) is 0 Å². The molecule has 3 heterocycles. The lowest BCUT2D eigenvalue weighted by molar-refractivity contribution is -0.127. The van der Waals surface area contributed by atoms with E-state index in [0.29, 0.717) is 0 Å². The first-order chi connectivity index (χ1) is 12.1. The Labute approximate surface area is 176 Å². The van der Waals surface area contributed by atoms with Crippen molar-refractivity contribution in [2.75, 3.05) is 13.1 Å². The minimum atomic E-state index is -0.266. The first-order valence-electron chi connectivity index (χ1n) is 9.01. The van der Waals surface area contributed by atoms with Crippen molar-refractivity contribution in [1.29, 1.82) is 0 Å². The molecule has 0 spiro atoms. The van der Waals surface area contributed by atoms with E-state index in [-0.39, 0.29) is 48.1 Å². The molecule has 2 aromatic rings. The molecule has 27 heavy (non-hydrogen) atoms. The Balaban J connectivity index is 0.00000131. The maximum absolute atomic E-state index is 13.2. The average Bonchev–Trinajstić information content (AvgIpc) is 3.33. The molecule has 0 radical (unpaired) electrons. The number of nitrogens with zero attached hydrogens (tertiary/aromatic N) is 3. The second-order valence-electron chi connectivity index (χ2n) is 7.39. The number of carbonyl (C=O) groups is 1. The predicted molar refractivity (Wildman–Crippen MR) is 112 cm³/mol. The van der Waals surface area contributed by atoms with E-state index in [2.05, 4.69) is 21.1 Å². The molecule has 2 aliphatic rings. The van der Waals surface area contributed by atoms with Gasteiger partial charge in [-0.15, -0.1) is 36.2 Å². The second kappa shape index (κ2) is 8.90. The first kappa shape index (κ1) is 22.1. The molecular formula is C18H27Cl2N5OS. The fraction of sp³-hybridized carbons (Fsp3) is 0.611. The smallest absolute Gasteiger partial charge is 0.225 e. The Morgan fingerprint density at radius 3 is 2.67 bits per heavy atom. The topological polar surface area (TPSA) is 71.8 Å². The van der Waals surface area contributed by atoms with Crippen molar-refractivity contribution in [3.05, 3.63) is 34.0 Å². The third kappa shape index (κ3) is 4.31. The summed E-state index contributed by atoms with van der Waals surface area (Å²) in [5, 5.41) is 14.2. The van der Waals surface area contributed by atoms with Crippen LogP contribution in [-0.4, -0.2) is 33.8 Å². The molecule has 6 nitrogen and oxygen atoms in total. The van der Waals surface area contributed by atoms with Gasteiger partial charge >= 0.3 is 0 Å². The number of thiazole rings is 1. The molecule has 1 amide bonds. The van der Waals surface area contributed by atoms with Gasteiger partial charge in [0, 0.05) is 43.3 Å². The van der Waals surface area contributed by atoms with Crippen LogP contribution in [0.4, 0.5) is 0 Å². The van der Waals surface area contributed by atoms with E-state index >= 15 is 0 Å². The molecule has 2 fully saturated rings. The Kier molecular flexibility index (Phi) is 7.30. The van der Waals surface area contributed by atoms with Gasteiger partial charge in [-0.05, 0) is 25.3 Å². The quantitative estimate of drug-likeness (QED) is 0.780. The Morgan fingerprint density at radius 2 is 2.07 bits per heavy atom. The third-order valence-electron chi connectivity index (χ3n) is 5.55. The first-order valence-corrected chi connectivity index (χ1v) is 9.89. The molecule has 4 rings (SSSR count). The van der Waals surface area contributed by atoms with Crippen LogP contribution in [0.1, 0.15) is 47.9 Å². The molecule has 0 bridgehead atoms. The highest BCUT2D eigenvalue weighted by atomic mass is 35.5. The molecule has 0 unspecified atom stereocenters. The maximum Gasteiger partial charge on any atom is 0.225 e. The van der Waals surface area contributed by atoms with Crippen molar-refractivity contribution in [2.24, 2.45) is 13.0 Å². The number of rotatable bonds is 4. The van der Waals surface area contributed by atoms with E-state index in [4.69, 9.17) is 4.98 Å². The highest BCUT2D eigenvalue weighted by Crippen LogP contribution is 2.41. The van der Waals surface area contributed by atoms with Gasteiger partial charge in [0.2, 0.25) is 5.91 Å². The Bertz CT molecular complexity index is 771. The van der Waals surface area contributed by atoms with Crippen molar-refractivity contribution in [3.8, 4) is 0 Å². The minimum Gasteiger partial charge on any atom is -0.344 e. The van der Waals surface area contributed by atoms with Crippen molar-refractivity contribution >= 4 is 42.1 Å². The number of halogens is 2. The number of aryl methyl sites for hydroxylation is 2. The van der Waals surface area contributed by atoms with Gasteiger partial charge in [-0.25, -0.2) is 4.98 Å². The van der Waals surface area contributed by atoms with E-state index in [1.54, 1.807) is 16.0 Å². The van der Waals surface area contributed by atoms with Crippen molar-refractivity contribution in [2.45, 2.75) is 44.1 Å². The van der Waals surface area contributed by atoms with E-state index in [1.165, 1.54) is 0 Å². The summed E-state index contributed by atoms with van der Waals surface area (Å²) in [6, 6.07) is 0. The maximum atomic E-state index is 13.2. The van der Waals surface area contributed by atoms with Crippen LogP contribution >= 0.6 is 36.2 Å². The summed E-state index contributed by atoms with van der Waals surface area (Å²) < 4.78 is 1.80. The van der Waals surface area contributed by atoms with Crippen LogP contribution in [0.2, 0.25) is 0 Å². The lowest BCUT2D eigenvalue weighted by Crippen LogP contribution is -2.47. The van der Waals surface area contributed by atoms with Crippen LogP contribution in [0.15, 0.2) is 17.8 Å². The summed E-state index contributed by atoms with van der Waals surface area (Å²) in [5.41, 5.74) is 1.91. The second-order valence-corrected chi connectivity index (χ2v) is 8.25. The number of carbonyl (C=O) groups excluding carboxylic acids is 1. The number of hydrogen-bond acceptors (Lipinski definition) is 5. The molecule has 2 atom stereocenters. The summed E-state index contributed by atoms with van der Waals surface area (Å²) in [6.45, 7) is 3.56. The molecule has 1 saturated carbocycles. The zero-order valence-corrected chi connectivity index (χ0v) is 18.1. The lowest BCUT2D eigenvalue weighted by atomic mass is 9.88. The van der Waals surface area contributed by atoms with Crippen molar-refractivity contribution in [3.63, 3.8) is 0 Å². The van der Waals surface area contributed by atoms with Crippen molar-refractivity contribution < 1.29 is 4.79 Å². The molecule has 1 aliphatic heterocycles. The van der Waals surface area contributed by atoms with E-state index < -0.39 is 0 Å². The van der Waals surface area contributed by atoms with Crippen LogP contribution in [0, 0.1) is 12.8 Å². The standard InChI is InChI=1S/C18H25N5OS.2ClH/c1-12-11-25-17(21-12)18(5-3-4-6-18)22-16(24)15-9-19-8-14(15)13-7-20-23(2)10-13;;/h7,10-11,14-15,19H,3-6,8-9H2,1-2H3,(H,22,24);2*1H/t14-,15+;;/m1../s1. The summed E-state index contributed by atoms with van der Waals surface area (Å²) in [4.78, 5) is 17.9. The highest BCUT2D eigenvalue weighted by Gasteiger charge is 2.43. The number of amides is 1. The predicted octanol–water partition coefficient (Wildman–Crippen LogP) is 2.92. The molecule has 150 valence electrons. The minimum absolute atomic E-state index is 0. The number of aromatic nitrogens is 3. The highest BCUT2D eigenvalue weighted by molar-refractivity contribution is 7.09. The molecule has 1 saturated heterocycles. The van der Waals surface area contributed by atoms with Crippen molar-refractivity contribution in [1.82, 2.24) is 25.4 Å². The van der Waals surface area contributed by atoms with E-state index in [1.807, 2.05) is 26.4 Å². The van der Waals surface area contributed by atoms with Crippen LogP contribution in [0.3, 0.4) is 0 Å². The summed E-state index contributed by atoms with van der Waals surface area (Å²) >= 11 is 1.68. The Morgan fingerprint density at radius 1 is 1.33 bits per heavy atom. The normalized spacial score (nSPS) is 23.5. The van der Waals surface area contributed by atoms with Gasteiger partial charge in [-0.1, -0.05) is 12.8 Å². The fourth-order valence-electron chi connectivity index (χ4n) is 4.21. The van der Waals surface area contributed by atoms with Gasteiger partial charge in [-0.3, -0.25) is 9.48 Å². The lowest BCUT2D eigenvalue weighted by Gasteiger charge is -2.30. The van der Waals surface area contributed by atoms with Crippen LogP contribution in [-0.2, 0) is 17.4 Å². The van der Waals surface area contributed by atoms with E-state index in [9.17, 15) is 4.79 Å². The zero-order chi connectivity index (χ0) is 17.4. The Hall–Kier alpha value is -1.15. The SMILES string of the molecule is Cc1csc(C2(NC(=O)[C@H]3CNC[C@@H]3c3cnn(C)c3)CCCC2)n1.Cl.Cl. The number of nitrogens with one attached hydrogen (secondary N) is 2. The molecular weight excluding hydrogens is 405 g/mol. The van der Waals surface area contributed by atoms with Crippen LogP contribution < -0.4 is 10.6 Å². The van der Waals surface area contributed by atoms with Crippen LogP contribution in [0.5, 0.6) is 0 Å². The molecule has 1 aliphatic carbocycles. The van der Waals surface area contributed by atoms with Crippen LogP contribution in [0.25, 0.3) is 0 Å². The average molecular weight is 432 g/mol. The third-order valence-corrected chi connectivity index (χ3v) is 6.72. The summed E-state index contributed by atoms with van der Waals surface area (Å²) in [5.74, 6) is 0.279. The van der Waals surface area contributed by atoms with Gasteiger partial charge < -0.3 is 10.6 Å². The van der Waals surface area contributed by atoms with Gasteiger partial charge in [0.25, 0.3) is 0 Å². The molecule has 2 N–H and O–H groups in total. The number of hydrogen-bond donors (Lipinski definition) is 2. The monoisotopic (exact) mass is 431 g/mol. The van der Waals surface area contributed by atoms with E-state index in [0.717, 1.165) is 55.0 Å². The van der Waals surface area contributed by atoms with Gasteiger partial charge in [0.1, 0.15) is 5.01 Å². The largest absolute Gasteiger partial charge is 0.344 e. The molecule has 9 heteroatoms. The fourth-order valence-corrected chi connectivity index (χ4v) is 5.22. The zero-order valence-electron chi connectivity index (χ0n) is 15.6. The van der Waals surface area contributed by atoms with Gasteiger partial charge in [0.05, 0.1) is 17.7 Å². The van der Waals surface area contributed by atoms with Gasteiger partial charge in [-0.2, -0.15) is 5.10 Å². The summed E-state index contributed by atoms with van der Waals surface area (Å²) in [7, 11) is 1.92.